The Bertz CT molecular complexity index is 2350. The zero-order chi connectivity index (χ0) is 39.2. The van der Waals surface area contributed by atoms with Crippen molar-refractivity contribution in [2.24, 2.45) is 0 Å². The maximum Gasteiger partial charge on any atom is 0.335 e. The van der Waals surface area contributed by atoms with Gasteiger partial charge in [-0.15, -0.1) is 0 Å². The van der Waals surface area contributed by atoms with E-state index < -0.39 is 26.1 Å². The summed E-state index contributed by atoms with van der Waals surface area (Å²) in [6.45, 7) is 5.10. The monoisotopic (exact) mass is 808 g/mol. The lowest BCUT2D eigenvalue weighted by Crippen LogP contribution is -2.45. The molecule has 17 heteroatoms. The van der Waals surface area contributed by atoms with Gasteiger partial charge < -0.3 is 5.32 Å². The predicted molar refractivity (Wildman–Crippen MR) is 206 cm³/mol. The van der Waals surface area contributed by atoms with Crippen molar-refractivity contribution in [1.82, 2.24) is 13.6 Å². The van der Waals surface area contributed by atoms with Gasteiger partial charge >= 0.3 is 6.03 Å². The molecule has 0 bridgehead atoms. The second kappa shape index (κ2) is 17.2. The van der Waals surface area contributed by atoms with Gasteiger partial charge in [0.1, 0.15) is 4.90 Å². The summed E-state index contributed by atoms with van der Waals surface area (Å²) in [6.07, 6.45) is 2.01. The number of aromatic nitrogens is 1. The summed E-state index contributed by atoms with van der Waals surface area (Å²) in [5, 5.41) is 2.25. The Balaban J connectivity index is 0.000000210. The fourth-order valence-corrected chi connectivity index (χ4v) is 9.66. The van der Waals surface area contributed by atoms with E-state index in [1.165, 1.54) is 48.5 Å². The van der Waals surface area contributed by atoms with Crippen LogP contribution in [0.1, 0.15) is 56.9 Å². The minimum Gasteiger partial charge on any atom is -0.306 e. The highest BCUT2D eigenvalue weighted by atomic mass is 32.2. The van der Waals surface area contributed by atoms with Crippen molar-refractivity contribution in [2.45, 2.75) is 50.1 Å². The molecular formula is C37H36N4O9S4. The van der Waals surface area contributed by atoms with E-state index in [4.69, 9.17) is 0 Å². The van der Waals surface area contributed by atoms with Crippen LogP contribution in [0, 0.1) is 6.92 Å². The molecule has 0 aliphatic carbocycles. The van der Waals surface area contributed by atoms with Crippen LogP contribution in [0.2, 0.25) is 0 Å². The molecule has 13 nitrogen and oxygen atoms in total. The van der Waals surface area contributed by atoms with Crippen LogP contribution in [0.3, 0.4) is 0 Å². The molecule has 0 atom stereocenters. The lowest BCUT2D eigenvalue weighted by Gasteiger charge is -2.29. The number of benzene rings is 3. The molecule has 3 aromatic carbocycles. The molecular weight excluding hydrogens is 773 g/mol. The Morgan fingerprint density at radius 3 is 2.04 bits per heavy atom. The average molecular weight is 809 g/mol. The summed E-state index contributed by atoms with van der Waals surface area (Å²) in [4.78, 5) is 63.1. The number of thioether (sulfide) groups is 2. The first-order chi connectivity index (χ1) is 25.6. The summed E-state index contributed by atoms with van der Waals surface area (Å²) in [5.74, 6) is -0.499. The molecule has 0 fully saturated rings. The van der Waals surface area contributed by atoms with E-state index in [1.54, 1.807) is 24.4 Å². The fraction of sp³-hybridized carbons (Fsp3) is 0.243. The first kappa shape index (κ1) is 40.5. The largest absolute Gasteiger partial charge is 0.335 e. The zero-order valence-corrected chi connectivity index (χ0v) is 32.7. The van der Waals surface area contributed by atoms with Crippen molar-refractivity contribution < 1.29 is 40.8 Å². The maximum atomic E-state index is 12.9. The molecule has 0 spiro atoms. The van der Waals surface area contributed by atoms with Crippen LogP contribution in [0.4, 0.5) is 10.5 Å². The summed E-state index contributed by atoms with van der Waals surface area (Å²) >= 11 is 1.82. The standard InChI is InChI=1S/C20H20N2O5S2.C17H16N2O4S2/c1-13-4-3-5-15(10-13)8-9-22-20(25)21-17-11-16(18(24)12-28-14(2)23)6-7-19(17)29(22,26)27;1-12(20)24-11-16(21)13-5-6-17-14(8-13)9-19(25(17,22)23)10-15-4-2-3-7-18-15/h3-7,10-11H,8-9,12H2,1-2H3,(H,21,25);2-8H,9-11H2,1H3. The smallest absolute Gasteiger partial charge is 0.306 e. The van der Waals surface area contributed by atoms with E-state index in [0.717, 1.165) is 39.0 Å². The molecule has 0 saturated carbocycles. The van der Waals surface area contributed by atoms with Gasteiger partial charge in [-0.25, -0.2) is 25.9 Å². The van der Waals surface area contributed by atoms with Crippen LogP contribution in [-0.4, -0.2) is 76.3 Å². The van der Waals surface area contributed by atoms with Gasteiger partial charge in [-0.3, -0.25) is 24.2 Å². The van der Waals surface area contributed by atoms with E-state index in [2.05, 4.69) is 10.3 Å². The van der Waals surface area contributed by atoms with Crippen LogP contribution in [-0.2, 0) is 49.1 Å². The molecule has 2 amide bonds. The van der Waals surface area contributed by atoms with Gasteiger partial charge in [-0.05, 0) is 66.9 Å². The van der Waals surface area contributed by atoms with Crippen molar-refractivity contribution >= 4 is 77.1 Å². The first-order valence-corrected chi connectivity index (χ1v) is 21.3. The van der Waals surface area contributed by atoms with E-state index in [-0.39, 0.29) is 74.0 Å². The predicted octanol–water partition coefficient (Wildman–Crippen LogP) is 5.48. The fourth-order valence-electron chi connectivity index (χ4n) is 5.61. The SMILES string of the molecule is CC(=O)SCC(=O)c1ccc2c(c1)CN(Cc1ccccn1)S2(=O)=O.CC(=O)SCC(=O)c1ccc2c(c1)NC(=O)N(CCc1cccc(C)c1)S2(=O)=O. The van der Waals surface area contributed by atoms with Crippen molar-refractivity contribution in [3.8, 4) is 0 Å². The number of amides is 2. The number of anilines is 1. The Morgan fingerprint density at radius 1 is 0.778 bits per heavy atom. The van der Waals surface area contributed by atoms with Crippen LogP contribution in [0.15, 0.2) is 94.9 Å². The molecule has 282 valence electrons. The van der Waals surface area contributed by atoms with Crippen molar-refractivity contribution in [2.75, 3.05) is 23.4 Å². The number of nitrogens with zero attached hydrogens (tertiary/aromatic N) is 3. The molecule has 2 aliphatic rings. The quantitative estimate of drug-likeness (QED) is 0.188. The normalized spacial score (nSPS) is 15.2. The number of sulfonamides is 2. The summed E-state index contributed by atoms with van der Waals surface area (Å²) in [6, 6.07) is 20.9. The van der Waals surface area contributed by atoms with Gasteiger partial charge in [0.05, 0.1) is 34.3 Å². The highest BCUT2D eigenvalue weighted by molar-refractivity contribution is 8.14. The maximum absolute atomic E-state index is 12.9. The Hall–Kier alpha value is -4.68. The Labute approximate surface area is 322 Å². The number of Topliss-reactive ketones (excluding diaryl/α,β-unsaturated/α-hetero) is 2. The Kier molecular flexibility index (Phi) is 12.9. The van der Waals surface area contributed by atoms with Crippen LogP contribution >= 0.6 is 23.5 Å². The Morgan fingerprint density at radius 2 is 1.43 bits per heavy atom. The number of pyridine rings is 1. The van der Waals surface area contributed by atoms with Crippen molar-refractivity contribution in [3.05, 3.63) is 119 Å². The highest BCUT2D eigenvalue weighted by Gasteiger charge is 2.37. The van der Waals surface area contributed by atoms with Gasteiger partial charge in [0, 0.05) is 44.3 Å². The lowest BCUT2D eigenvalue weighted by molar-refractivity contribution is -0.109. The number of aryl methyl sites for hydroxylation is 1. The molecule has 0 radical (unpaired) electrons. The molecule has 3 heterocycles. The molecule has 4 aromatic rings. The molecule has 6 rings (SSSR count). The van der Waals surface area contributed by atoms with E-state index in [1.807, 2.05) is 37.3 Å². The number of carbonyl (C=O) groups is 5. The number of carbonyl (C=O) groups excluding carboxylic acids is 5. The molecule has 1 aromatic heterocycles. The number of fused-ring (bicyclic) bond motifs is 2. The number of rotatable bonds is 11. The van der Waals surface area contributed by atoms with E-state index in [9.17, 15) is 40.8 Å². The van der Waals surface area contributed by atoms with Crippen molar-refractivity contribution in [1.29, 1.82) is 0 Å². The third kappa shape index (κ3) is 9.70. The van der Waals surface area contributed by atoms with Gasteiger partial charge in [-0.2, -0.15) is 4.31 Å². The molecule has 2 aliphatic heterocycles. The first-order valence-electron chi connectivity index (χ1n) is 16.5. The van der Waals surface area contributed by atoms with Gasteiger partial charge in [0.2, 0.25) is 10.0 Å². The van der Waals surface area contributed by atoms with E-state index in [0.29, 0.717) is 23.2 Å². The van der Waals surface area contributed by atoms with E-state index >= 15 is 0 Å². The van der Waals surface area contributed by atoms with Gasteiger partial charge in [-0.1, -0.05) is 65.5 Å². The summed E-state index contributed by atoms with van der Waals surface area (Å²) in [5.41, 5.74) is 3.97. The average Bonchev–Trinajstić information content (AvgIpc) is 3.37. The van der Waals surface area contributed by atoms with Crippen LogP contribution < -0.4 is 5.32 Å². The van der Waals surface area contributed by atoms with Crippen molar-refractivity contribution in [3.63, 3.8) is 0 Å². The summed E-state index contributed by atoms with van der Waals surface area (Å²) < 4.78 is 53.3. The molecule has 1 N–H and O–H groups in total. The topological polar surface area (TPSA) is 185 Å². The third-order valence-electron chi connectivity index (χ3n) is 8.25. The molecule has 0 saturated heterocycles. The second-order valence-electron chi connectivity index (χ2n) is 12.3. The lowest BCUT2D eigenvalue weighted by atomic mass is 10.1. The minimum atomic E-state index is -4.03. The number of hydrogen-bond acceptors (Lipinski definition) is 12. The number of urea groups is 1. The van der Waals surface area contributed by atoms with Gasteiger partial charge in [0.25, 0.3) is 10.0 Å². The second-order valence-corrected chi connectivity index (χ2v) is 18.3. The van der Waals surface area contributed by atoms with Crippen LogP contribution in [0.25, 0.3) is 0 Å². The third-order valence-corrected chi connectivity index (χ3v) is 13.6. The van der Waals surface area contributed by atoms with Gasteiger partial charge in [0.15, 0.2) is 21.8 Å². The zero-order valence-electron chi connectivity index (χ0n) is 29.5. The highest BCUT2D eigenvalue weighted by Crippen LogP contribution is 2.33. The number of hydrogen-bond donors (Lipinski definition) is 1. The summed E-state index contributed by atoms with van der Waals surface area (Å²) in [7, 11) is -7.62. The number of ketones is 2. The molecule has 0 unspecified atom stereocenters. The van der Waals surface area contributed by atoms with Crippen LogP contribution in [0.5, 0.6) is 0 Å². The number of nitrogens with one attached hydrogen (secondary N) is 1. The minimum absolute atomic E-state index is 0.00694. The molecule has 54 heavy (non-hydrogen) atoms.